The Bertz CT molecular complexity index is 242. The second kappa shape index (κ2) is 5.35. The molecule has 0 aromatic carbocycles. The van der Waals surface area contributed by atoms with Crippen LogP contribution in [0.3, 0.4) is 0 Å². The van der Waals surface area contributed by atoms with E-state index in [-0.39, 0.29) is 0 Å². The first-order chi connectivity index (χ1) is 6.97. The molecular weight excluding hydrogens is 267 g/mol. The lowest BCUT2D eigenvalue weighted by atomic mass is 10.7. The predicted octanol–water partition coefficient (Wildman–Crippen LogP) is 2.47. The molecule has 98 valence electrons. The van der Waals surface area contributed by atoms with Gasteiger partial charge in [-0.25, -0.2) is 9.65 Å². The quantitative estimate of drug-likeness (QED) is 0.618. The molecule has 0 rings (SSSR count). The molecule has 0 atom stereocenters. The molecule has 0 aromatic rings. The van der Waals surface area contributed by atoms with E-state index >= 15 is 0 Å². The van der Waals surface area contributed by atoms with Gasteiger partial charge >= 0.3 is 20.1 Å². The van der Waals surface area contributed by atoms with Gasteiger partial charge in [0.25, 0.3) is 0 Å². The molecule has 0 radical (unpaired) electrons. The van der Waals surface area contributed by atoms with Crippen molar-refractivity contribution in [2.45, 2.75) is 12.4 Å². The van der Waals surface area contributed by atoms with Crippen LogP contribution in [0.4, 0.5) is 26.3 Å². The minimum atomic E-state index is -4.81. The second-order valence-corrected chi connectivity index (χ2v) is 4.46. The van der Waals surface area contributed by atoms with Crippen LogP contribution in [0.5, 0.6) is 0 Å². The highest BCUT2D eigenvalue weighted by molar-refractivity contribution is 7.51. The van der Waals surface area contributed by atoms with E-state index in [1.54, 1.807) is 5.09 Å². The molecular formula is C5H8F6NO3P. The van der Waals surface area contributed by atoms with Gasteiger partial charge in [-0.3, -0.25) is 9.05 Å². The molecule has 0 amide bonds. The third kappa shape index (κ3) is 7.91. The Kier molecular flexibility index (Phi) is 5.24. The Labute approximate surface area is 86.5 Å². The monoisotopic (exact) mass is 275 g/mol. The van der Waals surface area contributed by atoms with Gasteiger partial charge in [0.15, 0.2) is 13.2 Å². The summed E-state index contributed by atoms with van der Waals surface area (Å²) < 4.78 is 88.5. The van der Waals surface area contributed by atoms with E-state index in [2.05, 4.69) is 9.05 Å². The largest absolute Gasteiger partial charge is 0.412 e. The van der Waals surface area contributed by atoms with Crippen LogP contribution < -0.4 is 5.09 Å². The maximum absolute atomic E-state index is 11.6. The van der Waals surface area contributed by atoms with E-state index < -0.39 is 33.3 Å². The molecule has 16 heavy (non-hydrogen) atoms. The number of hydrogen-bond acceptors (Lipinski definition) is 3. The van der Waals surface area contributed by atoms with Crippen LogP contribution in [0.15, 0.2) is 0 Å². The van der Waals surface area contributed by atoms with E-state index in [0.29, 0.717) is 0 Å². The summed E-state index contributed by atoms with van der Waals surface area (Å²) >= 11 is 0. The van der Waals surface area contributed by atoms with Gasteiger partial charge in [-0.2, -0.15) is 26.3 Å². The predicted molar refractivity (Wildman–Crippen MR) is 40.7 cm³/mol. The third-order valence-corrected chi connectivity index (χ3v) is 2.56. The molecule has 0 aliphatic carbocycles. The summed E-state index contributed by atoms with van der Waals surface area (Å²) in [4.78, 5) is 0. The molecule has 0 bridgehead atoms. The highest BCUT2D eigenvalue weighted by Crippen LogP contribution is 2.45. The van der Waals surface area contributed by atoms with Crippen LogP contribution in [0, 0.1) is 0 Å². The number of hydrogen-bond donors (Lipinski definition) is 1. The van der Waals surface area contributed by atoms with Crippen LogP contribution in [0.1, 0.15) is 0 Å². The van der Waals surface area contributed by atoms with E-state index in [1.807, 2.05) is 0 Å². The summed E-state index contributed by atoms with van der Waals surface area (Å²) in [6, 6.07) is 0. The lowest BCUT2D eigenvalue weighted by Gasteiger charge is -2.18. The third-order valence-electron chi connectivity index (χ3n) is 1.07. The molecule has 0 heterocycles. The van der Waals surface area contributed by atoms with Gasteiger partial charge in [0.1, 0.15) is 0 Å². The second-order valence-electron chi connectivity index (χ2n) is 2.50. The average molecular weight is 275 g/mol. The summed E-state index contributed by atoms with van der Waals surface area (Å²) in [6.07, 6.45) is -9.62. The molecule has 0 aromatic heterocycles. The normalized spacial score (nSPS) is 14.2. The van der Waals surface area contributed by atoms with Gasteiger partial charge in [0.2, 0.25) is 0 Å². The van der Waals surface area contributed by atoms with E-state index in [1.165, 1.54) is 0 Å². The van der Waals surface area contributed by atoms with Crippen molar-refractivity contribution in [2.75, 3.05) is 20.3 Å². The Morgan fingerprint density at radius 2 is 1.31 bits per heavy atom. The van der Waals surface area contributed by atoms with Gasteiger partial charge in [-0.1, -0.05) is 0 Å². The Morgan fingerprint density at radius 1 is 1.00 bits per heavy atom. The van der Waals surface area contributed by atoms with E-state index in [4.69, 9.17) is 0 Å². The summed E-state index contributed by atoms with van der Waals surface area (Å²) in [5.41, 5.74) is 0. The van der Waals surface area contributed by atoms with Crippen LogP contribution >= 0.6 is 7.75 Å². The van der Waals surface area contributed by atoms with Crippen molar-refractivity contribution < 1.29 is 40.0 Å². The highest BCUT2D eigenvalue weighted by Gasteiger charge is 2.37. The minimum absolute atomic E-state index is 0.855. The molecule has 0 saturated carbocycles. The lowest BCUT2D eigenvalue weighted by Crippen LogP contribution is -2.23. The average Bonchev–Trinajstić information content (AvgIpc) is 2.09. The van der Waals surface area contributed by atoms with E-state index in [9.17, 15) is 30.9 Å². The van der Waals surface area contributed by atoms with Gasteiger partial charge in [0, 0.05) is 0 Å². The highest BCUT2D eigenvalue weighted by atomic mass is 31.2. The molecule has 0 fully saturated rings. The van der Waals surface area contributed by atoms with Gasteiger partial charge in [0.05, 0.1) is 0 Å². The van der Waals surface area contributed by atoms with Gasteiger partial charge in [-0.15, -0.1) is 0 Å². The van der Waals surface area contributed by atoms with Crippen molar-refractivity contribution in [3.63, 3.8) is 0 Å². The molecule has 0 aliphatic rings. The maximum atomic E-state index is 11.6. The van der Waals surface area contributed by atoms with Crippen LogP contribution in [0.2, 0.25) is 0 Å². The number of halogens is 6. The minimum Gasteiger partial charge on any atom is -0.287 e. The molecule has 11 heteroatoms. The fourth-order valence-corrected chi connectivity index (χ4v) is 1.45. The number of alkyl halides is 6. The first-order valence-electron chi connectivity index (χ1n) is 3.69. The van der Waals surface area contributed by atoms with E-state index in [0.717, 1.165) is 7.05 Å². The van der Waals surface area contributed by atoms with Crippen molar-refractivity contribution in [3.8, 4) is 0 Å². The van der Waals surface area contributed by atoms with Crippen LogP contribution in [-0.4, -0.2) is 32.6 Å². The standard InChI is InChI=1S/C5H8F6NO3P/c1-12-16(13,14-2-4(6,7)8)15-3-5(9,10)11/h2-3H2,1H3,(H,12,13). The number of rotatable bonds is 5. The summed E-state index contributed by atoms with van der Waals surface area (Å²) in [5.74, 6) is 0. The summed E-state index contributed by atoms with van der Waals surface area (Å²) in [5, 5.41) is 1.63. The SMILES string of the molecule is CNP(=O)(OCC(F)(F)F)OCC(F)(F)F. The Hall–Kier alpha value is -0.310. The maximum Gasteiger partial charge on any atom is 0.412 e. The summed E-state index contributed by atoms with van der Waals surface area (Å²) in [6.45, 7) is -3.94. The molecule has 1 N–H and O–H groups in total. The summed E-state index contributed by atoms with van der Waals surface area (Å²) in [7, 11) is -3.73. The van der Waals surface area contributed by atoms with Crippen LogP contribution in [-0.2, 0) is 13.6 Å². The molecule has 0 spiro atoms. The first-order valence-corrected chi connectivity index (χ1v) is 5.23. The Balaban J connectivity index is 4.28. The number of nitrogens with one attached hydrogen (secondary N) is 1. The topological polar surface area (TPSA) is 47.6 Å². The zero-order valence-corrected chi connectivity index (χ0v) is 8.75. The fourth-order valence-electron chi connectivity index (χ4n) is 0.483. The fraction of sp³-hybridized carbons (Fsp3) is 1.00. The Morgan fingerprint density at radius 3 is 1.50 bits per heavy atom. The van der Waals surface area contributed by atoms with Crippen molar-refractivity contribution in [1.82, 2.24) is 5.09 Å². The zero-order chi connectivity index (χ0) is 13.0. The van der Waals surface area contributed by atoms with Gasteiger partial charge < -0.3 is 0 Å². The molecule has 0 unspecified atom stereocenters. The van der Waals surface area contributed by atoms with Crippen molar-refractivity contribution in [2.24, 2.45) is 0 Å². The van der Waals surface area contributed by atoms with Crippen molar-refractivity contribution >= 4 is 7.75 Å². The van der Waals surface area contributed by atoms with Crippen molar-refractivity contribution in [1.29, 1.82) is 0 Å². The molecule has 0 aliphatic heterocycles. The molecule has 4 nitrogen and oxygen atoms in total. The first kappa shape index (κ1) is 15.7. The smallest absolute Gasteiger partial charge is 0.287 e. The van der Waals surface area contributed by atoms with Crippen LogP contribution in [0.25, 0.3) is 0 Å². The van der Waals surface area contributed by atoms with Crippen molar-refractivity contribution in [3.05, 3.63) is 0 Å². The van der Waals surface area contributed by atoms with Gasteiger partial charge in [-0.05, 0) is 7.05 Å². The lowest BCUT2D eigenvalue weighted by molar-refractivity contribution is -0.165. The zero-order valence-electron chi connectivity index (χ0n) is 7.85. The molecule has 0 saturated heterocycles.